The van der Waals surface area contributed by atoms with Gasteiger partial charge in [-0.1, -0.05) is 51.0 Å². The maximum atomic E-state index is 13.6. The quantitative estimate of drug-likeness (QED) is 0.682. The largest absolute Gasteiger partial charge is 0.497 e. The number of benzene rings is 1. The number of methoxy groups -OCH3 is 1. The highest BCUT2D eigenvalue weighted by molar-refractivity contribution is 6.86. The Labute approximate surface area is 137 Å². The molecule has 1 atom stereocenters. The number of hydrogen-bond acceptors (Lipinski definition) is 2. The molecule has 0 fully saturated rings. The third-order valence-electron chi connectivity index (χ3n) is 4.69. The molecule has 0 aliphatic carbocycles. The molecule has 0 radical (unpaired) electrons. The number of hydrogen-bond donors (Lipinski definition) is 1. The summed E-state index contributed by atoms with van der Waals surface area (Å²) in [4.78, 5) is 0. The van der Waals surface area contributed by atoms with Gasteiger partial charge >= 0.3 is 6.18 Å². The second kappa shape index (κ2) is 8.01. The first-order valence-electron chi connectivity index (χ1n) is 7.85. The Morgan fingerprint density at radius 1 is 1.13 bits per heavy atom. The maximum Gasteiger partial charge on any atom is 0.408 e. The van der Waals surface area contributed by atoms with Crippen molar-refractivity contribution in [3.63, 3.8) is 0 Å². The van der Waals surface area contributed by atoms with Gasteiger partial charge in [-0.05, 0) is 23.8 Å². The van der Waals surface area contributed by atoms with Gasteiger partial charge in [-0.15, -0.1) is 0 Å². The number of halogens is 3. The zero-order valence-corrected chi connectivity index (χ0v) is 15.1. The summed E-state index contributed by atoms with van der Waals surface area (Å²) in [6, 6.07) is 7.97. The van der Waals surface area contributed by atoms with E-state index in [1.807, 2.05) is 20.8 Å². The second-order valence-electron chi connectivity index (χ2n) is 5.64. The summed E-state index contributed by atoms with van der Waals surface area (Å²) in [5.41, 5.74) is 0.429. The Morgan fingerprint density at radius 3 is 1.96 bits per heavy atom. The van der Waals surface area contributed by atoms with E-state index in [1.54, 1.807) is 24.3 Å². The van der Waals surface area contributed by atoms with Gasteiger partial charge in [0.1, 0.15) is 5.75 Å². The molecule has 0 aliphatic rings. The van der Waals surface area contributed by atoms with Gasteiger partial charge < -0.3 is 9.84 Å². The lowest BCUT2D eigenvalue weighted by Gasteiger charge is -2.33. The molecule has 1 rings (SSSR count). The van der Waals surface area contributed by atoms with E-state index in [4.69, 9.17) is 4.74 Å². The van der Waals surface area contributed by atoms with Gasteiger partial charge in [0.2, 0.25) is 0 Å². The van der Waals surface area contributed by atoms with Crippen molar-refractivity contribution in [3.05, 3.63) is 41.1 Å². The van der Waals surface area contributed by atoms with Gasteiger partial charge in [0, 0.05) is 5.20 Å². The molecule has 2 nitrogen and oxygen atoms in total. The summed E-state index contributed by atoms with van der Waals surface area (Å²) >= 11 is 0. The molecule has 0 aromatic heterocycles. The SMILES string of the molecule is CC[Si](CC)(CC)/C(=C/C(O)c1ccc(OC)cc1)C(F)(F)F. The number of aliphatic hydroxyl groups is 1. The van der Waals surface area contributed by atoms with Crippen LogP contribution in [0.3, 0.4) is 0 Å². The Morgan fingerprint density at radius 2 is 1.61 bits per heavy atom. The lowest BCUT2D eigenvalue weighted by molar-refractivity contribution is -0.0867. The molecule has 130 valence electrons. The molecule has 0 spiro atoms. The van der Waals surface area contributed by atoms with Gasteiger partial charge in [0.25, 0.3) is 0 Å². The van der Waals surface area contributed by atoms with Crippen molar-refractivity contribution in [3.8, 4) is 5.75 Å². The number of ether oxygens (including phenoxy) is 1. The second-order valence-corrected chi connectivity index (χ2v) is 10.9. The predicted molar refractivity (Wildman–Crippen MR) is 89.3 cm³/mol. The van der Waals surface area contributed by atoms with E-state index in [2.05, 4.69) is 0 Å². The molecule has 0 amide bonds. The summed E-state index contributed by atoms with van der Waals surface area (Å²) in [6.07, 6.45) is -4.65. The Hall–Kier alpha value is -1.27. The third kappa shape index (κ3) is 4.61. The molecule has 23 heavy (non-hydrogen) atoms. The van der Waals surface area contributed by atoms with Crippen molar-refractivity contribution in [1.82, 2.24) is 0 Å². The molecular formula is C17H25F3O2Si. The number of aliphatic hydroxyl groups excluding tert-OH is 1. The minimum Gasteiger partial charge on any atom is -0.497 e. The van der Waals surface area contributed by atoms with Crippen LogP contribution in [0, 0.1) is 0 Å². The van der Waals surface area contributed by atoms with Crippen LogP contribution in [0.1, 0.15) is 32.4 Å². The lowest BCUT2D eigenvalue weighted by Crippen LogP contribution is -2.41. The summed E-state index contributed by atoms with van der Waals surface area (Å²) in [5, 5.41) is 9.77. The van der Waals surface area contributed by atoms with Gasteiger partial charge in [-0.25, -0.2) is 0 Å². The average molecular weight is 346 g/mol. The molecular weight excluding hydrogens is 321 g/mol. The Bertz CT molecular complexity index is 511. The van der Waals surface area contributed by atoms with Gasteiger partial charge in [0.05, 0.1) is 21.3 Å². The van der Waals surface area contributed by atoms with Crippen molar-refractivity contribution in [2.45, 2.75) is 51.2 Å². The standard InChI is InChI=1S/C17H25F3O2Si/c1-5-23(6-2,7-3)16(17(18,19)20)12-15(21)13-8-10-14(22-4)11-9-13/h8-12,15,21H,5-7H2,1-4H3/b16-12+. The zero-order chi connectivity index (χ0) is 17.7. The van der Waals surface area contributed by atoms with E-state index >= 15 is 0 Å². The molecule has 6 heteroatoms. The molecule has 0 saturated carbocycles. The fourth-order valence-electron chi connectivity index (χ4n) is 2.95. The monoisotopic (exact) mass is 346 g/mol. The van der Waals surface area contributed by atoms with Gasteiger partial charge in [0.15, 0.2) is 0 Å². The number of alkyl halides is 3. The highest BCUT2D eigenvalue weighted by Gasteiger charge is 2.46. The van der Waals surface area contributed by atoms with Crippen LogP contribution in [-0.2, 0) is 0 Å². The first-order valence-corrected chi connectivity index (χ1v) is 10.5. The number of rotatable bonds is 7. The van der Waals surface area contributed by atoms with E-state index in [0.29, 0.717) is 29.4 Å². The zero-order valence-electron chi connectivity index (χ0n) is 14.1. The molecule has 0 heterocycles. The van der Waals surface area contributed by atoms with Crippen molar-refractivity contribution in [1.29, 1.82) is 0 Å². The minimum absolute atomic E-state index is 0.429. The smallest absolute Gasteiger partial charge is 0.408 e. The van der Waals surface area contributed by atoms with Crippen LogP contribution in [0.5, 0.6) is 5.75 Å². The third-order valence-corrected chi connectivity index (χ3v) is 10.3. The van der Waals surface area contributed by atoms with E-state index < -0.39 is 25.6 Å². The van der Waals surface area contributed by atoms with Crippen molar-refractivity contribution >= 4 is 8.07 Å². The van der Waals surface area contributed by atoms with Crippen LogP contribution in [0.15, 0.2) is 35.5 Å². The molecule has 1 aromatic carbocycles. The van der Waals surface area contributed by atoms with Gasteiger partial charge in [-0.3, -0.25) is 0 Å². The van der Waals surface area contributed by atoms with Crippen LogP contribution < -0.4 is 4.74 Å². The summed E-state index contributed by atoms with van der Waals surface area (Å²) < 4.78 is 45.8. The fraction of sp³-hybridized carbons (Fsp3) is 0.529. The lowest BCUT2D eigenvalue weighted by atomic mass is 10.1. The first kappa shape index (κ1) is 19.8. The van der Waals surface area contributed by atoms with E-state index in [1.165, 1.54) is 7.11 Å². The topological polar surface area (TPSA) is 29.5 Å². The average Bonchev–Trinajstić information content (AvgIpc) is 2.54. The number of allylic oxidation sites excluding steroid dienone is 1. The summed E-state index contributed by atoms with van der Waals surface area (Å²) in [5.74, 6) is 0.598. The van der Waals surface area contributed by atoms with E-state index in [9.17, 15) is 18.3 Å². The molecule has 0 bridgehead atoms. The summed E-state index contributed by atoms with van der Waals surface area (Å²) in [6.45, 7) is 5.45. The minimum atomic E-state index is -4.40. The Kier molecular flexibility index (Phi) is 6.89. The molecule has 1 unspecified atom stereocenters. The van der Waals surface area contributed by atoms with Crippen LogP contribution >= 0.6 is 0 Å². The van der Waals surface area contributed by atoms with Crippen LogP contribution in [0.2, 0.25) is 18.1 Å². The van der Waals surface area contributed by atoms with Crippen molar-refractivity contribution in [2.24, 2.45) is 0 Å². The molecule has 0 aliphatic heterocycles. The van der Waals surface area contributed by atoms with Crippen LogP contribution in [0.4, 0.5) is 13.2 Å². The molecule has 1 N–H and O–H groups in total. The fourth-order valence-corrected chi connectivity index (χ4v) is 6.70. The van der Waals surface area contributed by atoms with Crippen molar-refractivity contribution in [2.75, 3.05) is 7.11 Å². The van der Waals surface area contributed by atoms with Gasteiger partial charge in [-0.2, -0.15) is 13.2 Å². The van der Waals surface area contributed by atoms with Crippen LogP contribution in [0.25, 0.3) is 0 Å². The molecule has 0 saturated heterocycles. The highest BCUT2D eigenvalue weighted by Crippen LogP contribution is 2.40. The maximum absolute atomic E-state index is 13.6. The highest BCUT2D eigenvalue weighted by atomic mass is 28.3. The normalized spacial score (nSPS) is 14.7. The van der Waals surface area contributed by atoms with E-state index in [-0.39, 0.29) is 0 Å². The predicted octanol–water partition coefficient (Wildman–Crippen LogP) is 5.27. The molecule has 1 aromatic rings. The van der Waals surface area contributed by atoms with Crippen LogP contribution in [-0.4, -0.2) is 26.5 Å². The Balaban J connectivity index is 3.27. The van der Waals surface area contributed by atoms with E-state index in [0.717, 1.165) is 6.08 Å². The van der Waals surface area contributed by atoms with Crippen molar-refractivity contribution < 1.29 is 23.0 Å². The summed E-state index contributed by atoms with van der Waals surface area (Å²) in [7, 11) is -1.13. The first-order chi connectivity index (χ1) is 10.7.